The van der Waals surface area contributed by atoms with Crippen molar-refractivity contribution < 1.29 is 4.74 Å². The quantitative estimate of drug-likeness (QED) is 0.824. The third-order valence-corrected chi connectivity index (χ3v) is 3.46. The lowest BCUT2D eigenvalue weighted by Crippen LogP contribution is -2.28. The molecule has 1 aromatic carbocycles. The maximum Gasteiger partial charge on any atom is 0.122 e. The Kier molecular flexibility index (Phi) is 3.74. The minimum Gasteiger partial charge on any atom is -0.493 e. The molecule has 1 unspecified atom stereocenters. The molecule has 2 aromatic rings. The number of para-hydroxylation sites is 1. The first-order valence-corrected chi connectivity index (χ1v) is 6.70. The molecular formula is C14H18N4O. The standard InChI is InChI=1S/C14H18N4O/c1-2-4-14-13(3-1)12(5-10-19-14)11-15-6-8-18-9-7-16-17-18/h1-4,7,9,12,15H,5-6,8,10-11H2. The predicted octanol–water partition coefficient (Wildman–Crippen LogP) is 1.43. The molecule has 0 amide bonds. The lowest BCUT2D eigenvalue weighted by atomic mass is 9.93. The molecule has 3 rings (SSSR count). The van der Waals surface area contributed by atoms with Gasteiger partial charge in [0, 0.05) is 25.2 Å². The van der Waals surface area contributed by atoms with Gasteiger partial charge in [-0.25, -0.2) is 0 Å². The molecule has 1 atom stereocenters. The van der Waals surface area contributed by atoms with Crippen molar-refractivity contribution >= 4 is 0 Å². The van der Waals surface area contributed by atoms with Crippen LogP contribution in [0.1, 0.15) is 17.9 Å². The van der Waals surface area contributed by atoms with E-state index in [1.165, 1.54) is 5.56 Å². The molecule has 0 fully saturated rings. The van der Waals surface area contributed by atoms with Gasteiger partial charge in [-0.2, -0.15) is 0 Å². The number of rotatable bonds is 5. The van der Waals surface area contributed by atoms with Crippen LogP contribution < -0.4 is 10.1 Å². The summed E-state index contributed by atoms with van der Waals surface area (Å²) < 4.78 is 7.51. The van der Waals surface area contributed by atoms with Crippen LogP contribution in [0, 0.1) is 0 Å². The summed E-state index contributed by atoms with van der Waals surface area (Å²) in [5.74, 6) is 1.58. The van der Waals surface area contributed by atoms with Gasteiger partial charge in [-0.1, -0.05) is 23.4 Å². The van der Waals surface area contributed by atoms with Crippen LogP contribution in [0.25, 0.3) is 0 Å². The van der Waals surface area contributed by atoms with Crippen LogP contribution in [-0.2, 0) is 6.54 Å². The number of fused-ring (bicyclic) bond motifs is 1. The second kappa shape index (κ2) is 5.84. The molecule has 19 heavy (non-hydrogen) atoms. The van der Waals surface area contributed by atoms with Gasteiger partial charge < -0.3 is 10.1 Å². The van der Waals surface area contributed by atoms with Crippen molar-refractivity contribution in [1.29, 1.82) is 0 Å². The van der Waals surface area contributed by atoms with Crippen LogP contribution in [0.15, 0.2) is 36.7 Å². The molecule has 5 heteroatoms. The molecule has 1 aliphatic rings. The molecule has 0 saturated carbocycles. The van der Waals surface area contributed by atoms with E-state index in [4.69, 9.17) is 4.74 Å². The van der Waals surface area contributed by atoms with Crippen molar-refractivity contribution in [2.45, 2.75) is 18.9 Å². The third-order valence-electron chi connectivity index (χ3n) is 3.46. The van der Waals surface area contributed by atoms with Crippen LogP contribution in [0.3, 0.4) is 0 Å². The van der Waals surface area contributed by atoms with E-state index in [1.54, 1.807) is 6.20 Å². The Morgan fingerprint density at radius 2 is 2.32 bits per heavy atom. The molecule has 5 nitrogen and oxygen atoms in total. The van der Waals surface area contributed by atoms with Gasteiger partial charge in [0.05, 0.1) is 19.3 Å². The van der Waals surface area contributed by atoms with Crippen LogP contribution in [0.4, 0.5) is 0 Å². The highest BCUT2D eigenvalue weighted by Crippen LogP contribution is 2.32. The van der Waals surface area contributed by atoms with Gasteiger partial charge in [-0.3, -0.25) is 4.68 Å². The zero-order valence-corrected chi connectivity index (χ0v) is 10.8. The number of nitrogens with one attached hydrogen (secondary N) is 1. The molecule has 1 N–H and O–H groups in total. The van der Waals surface area contributed by atoms with Gasteiger partial charge >= 0.3 is 0 Å². The average molecular weight is 258 g/mol. The van der Waals surface area contributed by atoms with Gasteiger partial charge in [0.2, 0.25) is 0 Å². The van der Waals surface area contributed by atoms with E-state index in [9.17, 15) is 0 Å². The first kappa shape index (κ1) is 12.2. The molecule has 2 heterocycles. The highest BCUT2D eigenvalue weighted by atomic mass is 16.5. The highest BCUT2D eigenvalue weighted by Gasteiger charge is 2.20. The zero-order valence-electron chi connectivity index (χ0n) is 10.8. The van der Waals surface area contributed by atoms with E-state index in [0.29, 0.717) is 5.92 Å². The number of hydrogen-bond acceptors (Lipinski definition) is 4. The summed E-state index contributed by atoms with van der Waals surface area (Å²) in [6, 6.07) is 8.32. The van der Waals surface area contributed by atoms with Crippen molar-refractivity contribution in [3.8, 4) is 5.75 Å². The minimum absolute atomic E-state index is 0.542. The van der Waals surface area contributed by atoms with Crippen LogP contribution in [0.5, 0.6) is 5.75 Å². The van der Waals surface area contributed by atoms with Crippen LogP contribution >= 0.6 is 0 Å². The van der Waals surface area contributed by atoms with Crippen molar-refractivity contribution in [3.63, 3.8) is 0 Å². The van der Waals surface area contributed by atoms with Gasteiger partial charge in [0.1, 0.15) is 5.75 Å². The maximum absolute atomic E-state index is 5.67. The van der Waals surface area contributed by atoms with E-state index >= 15 is 0 Å². The number of ether oxygens (including phenoxy) is 1. The number of hydrogen-bond donors (Lipinski definition) is 1. The first-order chi connectivity index (χ1) is 9.43. The lowest BCUT2D eigenvalue weighted by Gasteiger charge is -2.26. The van der Waals surface area contributed by atoms with E-state index in [2.05, 4.69) is 33.8 Å². The summed E-state index contributed by atoms with van der Waals surface area (Å²) in [6.45, 7) is 3.55. The second-order valence-corrected chi connectivity index (χ2v) is 4.74. The molecule has 1 aliphatic heterocycles. The normalized spacial score (nSPS) is 17.8. The molecule has 100 valence electrons. The monoisotopic (exact) mass is 258 g/mol. The number of benzene rings is 1. The molecule has 0 aliphatic carbocycles. The summed E-state index contributed by atoms with van der Waals surface area (Å²) >= 11 is 0. The Morgan fingerprint density at radius 1 is 1.37 bits per heavy atom. The zero-order chi connectivity index (χ0) is 12.9. The van der Waals surface area contributed by atoms with E-state index in [-0.39, 0.29) is 0 Å². The molecule has 0 saturated heterocycles. The van der Waals surface area contributed by atoms with E-state index in [1.807, 2.05) is 16.9 Å². The topological polar surface area (TPSA) is 52.0 Å². The number of aromatic nitrogens is 3. The summed E-state index contributed by atoms with van der Waals surface area (Å²) in [5.41, 5.74) is 1.32. The molecule has 0 radical (unpaired) electrons. The van der Waals surface area contributed by atoms with Crippen molar-refractivity contribution in [2.24, 2.45) is 0 Å². The largest absolute Gasteiger partial charge is 0.493 e. The van der Waals surface area contributed by atoms with E-state index in [0.717, 1.165) is 38.4 Å². The van der Waals surface area contributed by atoms with Crippen molar-refractivity contribution in [2.75, 3.05) is 19.7 Å². The van der Waals surface area contributed by atoms with Gasteiger partial charge in [0.25, 0.3) is 0 Å². The average Bonchev–Trinajstić information content (AvgIpc) is 2.97. The van der Waals surface area contributed by atoms with Crippen LogP contribution in [0.2, 0.25) is 0 Å². The summed E-state index contributed by atoms with van der Waals surface area (Å²) in [6.07, 6.45) is 4.66. The fourth-order valence-corrected chi connectivity index (χ4v) is 2.45. The molecular weight excluding hydrogens is 240 g/mol. The molecule has 0 bridgehead atoms. The SMILES string of the molecule is c1ccc2c(c1)OCCC2CNCCn1ccnn1. The van der Waals surface area contributed by atoms with Gasteiger partial charge in [0.15, 0.2) is 0 Å². The third kappa shape index (κ3) is 2.93. The molecule has 0 spiro atoms. The summed E-state index contributed by atoms with van der Waals surface area (Å²) in [5, 5.41) is 11.2. The Hall–Kier alpha value is -1.88. The Morgan fingerprint density at radius 3 is 3.21 bits per heavy atom. The Labute approximate surface area is 112 Å². The van der Waals surface area contributed by atoms with E-state index < -0.39 is 0 Å². The Bertz CT molecular complexity index is 512. The molecule has 1 aromatic heterocycles. The highest BCUT2D eigenvalue weighted by molar-refractivity contribution is 5.37. The summed E-state index contributed by atoms with van der Waals surface area (Å²) in [4.78, 5) is 0. The summed E-state index contributed by atoms with van der Waals surface area (Å²) in [7, 11) is 0. The van der Waals surface area contributed by atoms with Crippen molar-refractivity contribution in [1.82, 2.24) is 20.3 Å². The Balaban J connectivity index is 1.51. The predicted molar refractivity (Wildman–Crippen MR) is 72.2 cm³/mol. The number of nitrogens with zero attached hydrogens (tertiary/aromatic N) is 3. The maximum atomic E-state index is 5.67. The lowest BCUT2D eigenvalue weighted by molar-refractivity contribution is 0.264. The van der Waals surface area contributed by atoms with Crippen LogP contribution in [-0.4, -0.2) is 34.7 Å². The fraction of sp³-hybridized carbons (Fsp3) is 0.429. The minimum atomic E-state index is 0.542. The first-order valence-electron chi connectivity index (χ1n) is 6.70. The second-order valence-electron chi connectivity index (χ2n) is 4.74. The van der Waals surface area contributed by atoms with Gasteiger partial charge in [-0.05, 0) is 18.1 Å². The fourth-order valence-electron chi connectivity index (χ4n) is 2.45. The van der Waals surface area contributed by atoms with Crippen molar-refractivity contribution in [3.05, 3.63) is 42.2 Å². The van der Waals surface area contributed by atoms with Gasteiger partial charge in [-0.15, -0.1) is 5.10 Å². The smallest absolute Gasteiger partial charge is 0.122 e.